The van der Waals surface area contributed by atoms with Crippen molar-refractivity contribution in [3.05, 3.63) is 23.8 Å². The molecular formula is C14H22N2O4S. The summed E-state index contributed by atoms with van der Waals surface area (Å²) < 4.78 is 28.4. The number of rotatable bonds is 6. The molecule has 0 radical (unpaired) electrons. The minimum Gasteiger partial charge on any atom is -0.461 e. The number of hydrogen-bond acceptors (Lipinski definition) is 6. The van der Waals surface area contributed by atoms with E-state index in [2.05, 4.69) is 0 Å². The van der Waals surface area contributed by atoms with Crippen LogP contribution in [0.15, 0.2) is 18.2 Å². The number of ether oxygens (including phenoxy) is 1. The second-order valence-electron chi connectivity index (χ2n) is 5.22. The molecule has 0 aliphatic heterocycles. The third-order valence-corrected chi connectivity index (χ3v) is 5.21. The Bertz CT molecular complexity index is 609. The molecule has 0 bridgehead atoms. The Morgan fingerprint density at radius 2 is 1.95 bits per heavy atom. The van der Waals surface area contributed by atoms with E-state index in [-0.39, 0.29) is 12.4 Å². The van der Waals surface area contributed by atoms with Gasteiger partial charge in [0.25, 0.3) is 0 Å². The third-order valence-electron chi connectivity index (χ3n) is 3.04. The van der Waals surface area contributed by atoms with E-state index in [4.69, 9.17) is 10.5 Å². The van der Waals surface area contributed by atoms with Crippen LogP contribution < -0.4 is 10.6 Å². The molecule has 0 aliphatic rings. The molecule has 1 aromatic rings. The maximum Gasteiger partial charge on any atom is 0.340 e. The van der Waals surface area contributed by atoms with Crippen LogP contribution in [0, 0.1) is 0 Å². The van der Waals surface area contributed by atoms with E-state index in [0.717, 1.165) is 0 Å². The van der Waals surface area contributed by atoms with Crippen molar-refractivity contribution in [1.82, 2.24) is 0 Å². The summed E-state index contributed by atoms with van der Waals surface area (Å²) >= 11 is 0. The van der Waals surface area contributed by atoms with Crippen LogP contribution in [0.5, 0.6) is 0 Å². The summed E-state index contributed by atoms with van der Waals surface area (Å²) in [5.74, 6) is -0.763. The molecule has 0 aromatic heterocycles. The summed E-state index contributed by atoms with van der Waals surface area (Å²) in [5, 5.41) is -0.485. The predicted octanol–water partition coefficient (Wildman–Crippen LogP) is 1.31. The molecule has 21 heavy (non-hydrogen) atoms. The smallest absolute Gasteiger partial charge is 0.340 e. The standard InChI is InChI=1S/C14H22N2O4S/c1-10(2)21(18,19)8-7-20-14(17)12-9-11(15)5-6-13(12)16(3)4/h5-6,9-10H,7-8,15H2,1-4H3. The van der Waals surface area contributed by atoms with Crippen molar-refractivity contribution in [2.75, 3.05) is 37.1 Å². The molecule has 6 nitrogen and oxygen atoms in total. The van der Waals surface area contributed by atoms with E-state index in [1.807, 2.05) is 0 Å². The topological polar surface area (TPSA) is 89.7 Å². The van der Waals surface area contributed by atoms with Crippen LogP contribution in [-0.2, 0) is 14.6 Å². The molecule has 1 aromatic carbocycles. The van der Waals surface area contributed by atoms with E-state index in [9.17, 15) is 13.2 Å². The summed E-state index contributed by atoms with van der Waals surface area (Å²) in [7, 11) is 0.371. The average molecular weight is 314 g/mol. The molecule has 1 rings (SSSR count). The molecule has 0 spiro atoms. The summed E-state index contributed by atoms with van der Waals surface area (Å²) in [4.78, 5) is 13.8. The zero-order valence-electron chi connectivity index (χ0n) is 12.8. The van der Waals surface area contributed by atoms with Crippen LogP contribution in [0.2, 0.25) is 0 Å². The molecule has 0 unspecified atom stereocenters. The SMILES string of the molecule is CC(C)S(=O)(=O)CCOC(=O)c1cc(N)ccc1N(C)C. The predicted molar refractivity (Wildman–Crippen MR) is 84.4 cm³/mol. The van der Waals surface area contributed by atoms with Crippen molar-refractivity contribution >= 4 is 27.2 Å². The molecule has 7 heteroatoms. The number of hydrogen-bond donors (Lipinski definition) is 1. The largest absolute Gasteiger partial charge is 0.461 e. The molecule has 0 amide bonds. The van der Waals surface area contributed by atoms with Crippen molar-refractivity contribution in [2.45, 2.75) is 19.1 Å². The van der Waals surface area contributed by atoms with Crippen LogP contribution in [-0.4, -0.2) is 46.1 Å². The highest BCUT2D eigenvalue weighted by Crippen LogP contribution is 2.22. The Balaban J connectivity index is 2.79. The fourth-order valence-corrected chi connectivity index (χ4v) is 2.46. The van der Waals surface area contributed by atoms with Gasteiger partial charge in [0.1, 0.15) is 6.61 Å². The monoisotopic (exact) mass is 314 g/mol. The van der Waals surface area contributed by atoms with Crippen molar-refractivity contribution in [2.24, 2.45) is 0 Å². The normalized spacial score (nSPS) is 11.5. The van der Waals surface area contributed by atoms with Gasteiger partial charge in [-0.1, -0.05) is 0 Å². The lowest BCUT2D eigenvalue weighted by atomic mass is 10.1. The van der Waals surface area contributed by atoms with Gasteiger partial charge >= 0.3 is 5.97 Å². The van der Waals surface area contributed by atoms with Crippen LogP contribution >= 0.6 is 0 Å². The Hall–Kier alpha value is -1.76. The summed E-state index contributed by atoms with van der Waals surface area (Å²) in [5.41, 5.74) is 7.12. The van der Waals surface area contributed by atoms with Gasteiger partial charge in [-0.3, -0.25) is 0 Å². The third kappa shape index (κ3) is 4.63. The zero-order chi connectivity index (χ0) is 16.2. The second-order valence-corrected chi connectivity index (χ2v) is 7.90. The van der Waals surface area contributed by atoms with Gasteiger partial charge in [-0.25, -0.2) is 13.2 Å². The van der Waals surface area contributed by atoms with Crippen molar-refractivity contribution in [3.63, 3.8) is 0 Å². The number of benzene rings is 1. The molecule has 0 aliphatic carbocycles. The quantitative estimate of drug-likeness (QED) is 0.629. The Morgan fingerprint density at radius 1 is 1.33 bits per heavy atom. The van der Waals surface area contributed by atoms with Gasteiger partial charge in [0, 0.05) is 19.8 Å². The van der Waals surface area contributed by atoms with Crippen molar-refractivity contribution < 1.29 is 17.9 Å². The van der Waals surface area contributed by atoms with E-state index in [0.29, 0.717) is 16.9 Å². The lowest BCUT2D eigenvalue weighted by Gasteiger charge is -2.17. The minimum atomic E-state index is -3.22. The Kier molecular flexibility index (Phi) is 5.60. The first-order chi connectivity index (χ1) is 9.65. The second kappa shape index (κ2) is 6.80. The average Bonchev–Trinajstić information content (AvgIpc) is 2.37. The highest BCUT2D eigenvalue weighted by molar-refractivity contribution is 7.91. The van der Waals surface area contributed by atoms with Gasteiger partial charge in [0.2, 0.25) is 0 Å². The Labute approximate surface area is 125 Å². The van der Waals surface area contributed by atoms with Crippen molar-refractivity contribution in [1.29, 1.82) is 0 Å². The number of nitrogens with two attached hydrogens (primary N) is 1. The zero-order valence-corrected chi connectivity index (χ0v) is 13.6. The minimum absolute atomic E-state index is 0.166. The first-order valence-electron chi connectivity index (χ1n) is 6.60. The van der Waals surface area contributed by atoms with Gasteiger partial charge in [0.15, 0.2) is 9.84 Å². The maximum atomic E-state index is 12.1. The van der Waals surface area contributed by atoms with Gasteiger partial charge in [-0.2, -0.15) is 0 Å². The summed E-state index contributed by atoms with van der Waals surface area (Å²) in [6, 6.07) is 4.93. The molecule has 0 heterocycles. The van der Waals surface area contributed by atoms with Gasteiger partial charge < -0.3 is 15.4 Å². The number of carbonyl (C=O) groups excluding carboxylic acids is 1. The summed E-state index contributed by atoms with van der Waals surface area (Å²) in [6.45, 7) is 3.03. The lowest BCUT2D eigenvalue weighted by Crippen LogP contribution is -2.23. The van der Waals surface area contributed by atoms with Crippen LogP contribution in [0.3, 0.4) is 0 Å². The molecular weight excluding hydrogens is 292 g/mol. The molecule has 0 fully saturated rings. The number of anilines is 2. The molecule has 0 saturated heterocycles. The summed E-state index contributed by atoms with van der Waals surface area (Å²) in [6.07, 6.45) is 0. The maximum absolute atomic E-state index is 12.1. The van der Waals surface area contributed by atoms with E-state index < -0.39 is 21.1 Å². The number of sulfone groups is 1. The molecule has 2 N–H and O–H groups in total. The lowest BCUT2D eigenvalue weighted by molar-refractivity contribution is 0.0530. The fourth-order valence-electron chi connectivity index (χ4n) is 1.67. The number of esters is 1. The Morgan fingerprint density at radius 3 is 2.48 bits per heavy atom. The van der Waals surface area contributed by atoms with E-state index in [1.54, 1.807) is 45.0 Å². The number of carbonyl (C=O) groups is 1. The molecule has 0 saturated carbocycles. The molecule has 0 atom stereocenters. The van der Waals surface area contributed by atoms with Crippen LogP contribution in [0.1, 0.15) is 24.2 Å². The van der Waals surface area contributed by atoms with Gasteiger partial charge in [0.05, 0.1) is 22.3 Å². The van der Waals surface area contributed by atoms with E-state index >= 15 is 0 Å². The van der Waals surface area contributed by atoms with Gasteiger partial charge in [-0.05, 0) is 32.0 Å². The number of nitrogen functional groups attached to an aromatic ring is 1. The van der Waals surface area contributed by atoms with Crippen molar-refractivity contribution in [3.8, 4) is 0 Å². The first kappa shape index (κ1) is 17.3. The van der Waals surface area contributed by atoms with E-state index in [1.165, 1.54) is 6.07 Å². The first-order valence-corrected chi connectivity index (χ1v) is 8.32. The highest BCUT2D eigenvalue weighted by Gasteiger charge is 2.19. The fraction of sp³-hybridized carbons (Fsp3) is 0.500. The van der Waals surface area contributed by atoms with Gasteiger partial charge in [-0.15, -0.1) is 0 Å². The molecule has 118 valence electrons. The van der Waals surface area contributed by atoms with Crippen LogP contribution in [0.4, 0.5) is 11.4 Å². The van der Waals surface area contributed by atoms with Crippen LogP contribution in [0.25, 0.3) is 0 Å². The highest BCUT2D eigenvalue weighted by atomic mass is 32.2. The number of nitrogens with zero attached hydrogens (tertiary/aromatic N) is 1.